The van der Waals surface area contributed by atoms with E-state index in [4.69, 9.17) is 19.4 Å². The molecular weight excluding hydrogens is 815 g/mol. The van der Waals surface area contributed by atoms with Gasteiger partial charge >= 0.3 is 0 Å². The maximum Gasteiger partial charge on any atom is 0.227 e. The van der Waals surface area contributed by atoms with Gasteiger partial charge in [-0.2, -0.15) is 0 Å². The third-order valence-electron chi connectivity index (χ3n) is 12.9. The third-order valence-corrected chi connectivity index (χ3v) is 14.1. The van der Waals surface area contributed by atoms with E-state index in [0.717, 1.165) is 60.3 Å². The van der Waals surface area contributed by atoms with E-state index in [0.29, 0.717) is 28.8 Å². The smallest absolute Gasteiger partial charge is 0.227 e. The van der Waals surface area contributed by atoms with Crippen LogP contribution in [0.5, 0.6) is 0 Å². The molecule has 0 bridgehead atoms. The van der Waals surface area contributed by atoms with E-state index in [1.165, 1.54) is 47.5 Å². The molecule has 6 nitrogen and oxygen atoms in total. The Morgan fingerprint density at radius 1 is 0.400 bits per heavy atom. The molecule has 302 valence electrons. The molecule has 0 spiro atoms. The molecular formula is C58H33N5OS. The lowest BCUT2D eigenvalue weighted by molar-refractivity contribution is 0.654. The van der Waals surface area contributed by atoms with Gasteiger partial charge in [-0.3, -0.25) is 0 Å². The first-order chi connectivity index (χ1) is 32.2. The second-order valence-corrected chi connectivity index (χ2v) is 17.6. The van der Waals surface area contributed by atoms with E-state index in [1.54, 1.807) is 17.5 Å². The summed E-state index contributed by atoms with van der Waals surface area (Å²) in [7, 11) is 0. The normalized spacial score (nSPS) is 12.0. The molecule has 0 atom stereocenters. The van der Waals surface area contributed by atoms with E-state index < -0.39 is 0 Å². The van der Waals surface area contributed by atoms with Crippen molar-refractivity contribution in [3.8, 4) is 51.0 Å². The highest BCUT2D eigenvalue weighted by Crippen LogP contribution is 2.43. The predicted octanol–water partition coefficient (Wildman–Crippen LogP) is 15.6. The van der Waals surface area contributed by atoms with Crippen molar-refractivity contribution in [2.75, 3.05) is 0 Å². The van der Waals surface area contributed by atoms with Gasteiger partial charge in [-0.15, -0.1) is 11.3 Å². The van der Waals surface area contributed by atoms with Crippen LogP contribution >= 0.6 is 11.3 Å². The molecule has 0 amide bonds. The van der Waals surface area contributed by atoms with Crippen molar-refractivity contribution in [3.05, 3.63) is 200 Å². The van der Waals surface area contributed by atoms with Gasteiger partial charge in [0, 0.05) is 64.4 Å². The fourth-order valence-electron chi connectivity index (χ4n) is 9.96. The number of furan rings is 1. The molecule has 14 rings (SSSR count). The van der Waals surface area contributed by atoms with Gasteiger partial charge in [-0.05, 0) is 81.9 Å². The lowest BCUT2D eigenvalue weighted by Crippen LogP contribution is -2.01. The third kappa shape index (κ3) is 5.52. The number of pyridine rings is 1. The quantitative estimate of drug-likeness (QED) is 0.173. The minimum absolute atomic E-state index is 0.530. The van der Waals surface area contributed by atoms with Gasteiger partial charge in [-0.1, -0.05) is 140 Å². The number of benzene rings is 9. The average molecular weight is 848 g/mol. The number of para-hydroxylation sites is 1. The molecule has 0 aliphatic rings. The van der Waals surface area contributed by atoms with E-state index in [2.05, 4.69) is 179 Å². The lowest BCUT2D eigenvalue weighted by atomic mass is 10.0. The Bertz CT molecular complexity index is 4260. The molecule has 9 aromatic carbocycles. The number of hydrogen-bond donors (Lipinski definition) is 0. The number of aromatic nitrogens is 5. The van der Waals surface area contributed by atoms with Gasteiger partial charge < -0.3 is 8.98 Å². The zero-order valence-corrected chi connectivity index (χ0v) is 35.4. The Morgan fingerprint density at radius 3 is 1.94 bits per heavy atom. The van der Waals surface area contributed by atoms with Crippen LogP contribution in [0, 0.1) is 0 Å². The highest BCUT2D eigenvalue weighted by atomic mass is 32.1. The van der Waals surface area contributed by atoms with E-state index in [9.17, 15) is 0 Å². The van der Waals surface area contributed by atoms with Crippen LogP contribution in [0.1, 0.15) is 0 Å². The summed E-state index contributed by atoms with van der Waals surface area (Å²) in [5, 5.41) is 11.2. The van der Waals surface area contributed by atoms with Gasteiger partial charge in [-0.25, -0.2) is 19.9 Å². The maximum atomic E-state index is 6.49. The summed E-state index contributed by atoms with van der Waals surface area (Å²) >= 11 is 1.78. The molecule has 14 aromatic rings. The predicted molar refractivity (Wildman–Crippen MR) is 269 cm³/mol. The SMILES string of the molecule is c1ccc(-c2ccc3c4cc5ccccc5cc4n(-c4cccc5c(-c6nc(-c7cccc8c7oc7ncccc78)nc(-c7cccc8sc9ccccc9c78)n6)cccc45)c3c2)cc1. The van der Waals surface area contributed by atoms with Crippen molar-refractivity contribution < 1.29 is 4.42 Å². The molecule has 0 saturated carbocycles. The van der Waals surface area contributed by atoms with Gasteiger partial charge in [0.1, 0.15) is 5.58 Å². The average Bonchev–Trinajstić information content (AvgIpc) is 4.04. The highest BCUT2D eigenvalue weighted by Gasteiger charge is 2.22. The molecule has 0 saturated heterocycles. The van der Waals surface area contributed by atoms with Gasteiger partial charge in [0.25, 0.3) is 0 Å². The minimum Gasteiger partial charge on any atom is -0.437 e. The first-order valence-corrected chi connectivity index (χ1v) is 22.5. The first kappa shape index (κ1) is 36.0. The Morgan fingerprint density at radius 2 is 1.05 bits per heavy atom. The van der Waals surface area contributed by atoms with Crippen molar-refractivity contribution >= 4 is 96.9 Å². The molecule has 65 heavy (non-hydrogen) atoms. The highest BCUT2D eigenvalue weighted by molar-refractivity contribution is 7.25. The number of rotatable bonds is 5. The summed E-state index contributed by atoms with van der Waals surface area (Å²) in [6.07, 6.45) is 1.76. The molecule has 0 fully saturated rings. The number of thiophene rings is 1. The Hall–Kier alpha value is -8.52. The van der Waals surface area contributed by atoms with Crippen LogP contribution in [0.15, 0.2) is 205 Å². The first-order valence-electron chi connectivity index (χ1n) is 21.7. The summed E-state index contributed by atoms with van der Waals surface area (Å²) in [5.74, 6) is 1.71. The topological polar surface area (TPSA) is 69.6 Å². The molecule has 5 aromatic heterocycles. The largest absolute Gasteiger partial charge is 0.437 e. The standard InChI is InChI=1S/C58H33N5OS/c1-2-13-34(14-3-1)37-28-29-40-47-31-35-15-4-5-16-36(35)32-50(47)63(49(40)33-37)48-25-10-18-38-39(48)19-8-21-42(38)55-60-56(45-22-11-27-52-53(45)44-17-6-7-26-51(44)65-52)62-57(61-55)46-23-9-20-41-43-24-12-30-59-58(43)64-54(41)46/h1-33H. The minimum atomic E-state index is 0.530. The zero-order valence-electron chi connectivity index (χ0n) is 34.6. The van der Waals surface area contributed by atoms with Crippen LogP contribution in [0.25, 0.3) is 137 Å². The summed E-state index contributed by atoms with van der Waals surface area (Å²) in [4.78, 5) is 20.7. The number of nitrogens with zero attached hydrogens (tertiary/aromatic N) is 5. The fraction of sp³-hybridized carbons (Fsp3) is 0. The number of hydrogen-bond acceptors (Lipinski definition) is 6. The summed E-state index contributed by atoms with van der Waals surface area (Å²) < 4.78 is 11.3. The van der Waals surface area contributed by atoms with Gasteiger partial charge in [0.05, 0.1) is 22.3 Å². The van der Waals surface area contributed by atoms with Crippen LogP contribution in [0.4, 0.5) is 0 Å². The van der Waals surface area contributed by atoms with E-state index >= 15 is 0 Å². The summed E-state index contributed by atoms with van der Waals surface area (Å²) in [6.45, 7) is 0. The van der Waals surface area contributed by atoms with Crippen LogP contribution in [-0.2, 0) is 0 Å². The second-order valence-electron chi connectivity index (χ2n) is 16.6. The van der Waals surface area contributed by atoms with E-state index in [-0.39, 0.29) is 0 Å². The fourth-order valence-corrected chi connectivity index (χ4v) is 11.1. The molecule has 5 heterocycles. The van der Waals surface area contributed by atoms with E-state index in [1.807, 2.05) is 24.3 Å². The molecule has 0 aliphatic heterocycles. The van der Waals surface area contributed by atoms with Gasteiger partial charge in [0.2, 0.25) is 5.71 Å². The van der Waals surface area contributed by atoms with Crippen molar-refractivity contribution in [2.24, 2.45) is 0 Å². The Balaban J connectivity index is 1.04. The van der Waals surface area contributed by atoms with Gasteiger partial charge in [0.15, 0.2) is 17.5 Å². The Kier molecular flexibility index (Phi) is 7.75. The Labute approximate surface area is 375 Å². The molecule has 0 N–H and O–H groups in total. The van der Waals surface area contributed by atoms with Crippen molar-refractivity contribution in [1.82, 2.24) is 24.5 Å². The maximum absolute atomic E-state index is 6.49. The van der Waals surface area contributed by atoms with Crippen LogP contribution in [-0.4, -0.2) is 24.5 Å². The molecule has 0 unspecified atom stereocenters. The zero-order chi connectivity index (χ0) is 42.6. The number of fused-ring (bicyclic) bond motifs is 11. The van der Waals surface area contributed by atoms with Crippen molar-refractivity contribution in [2.45, 2.75) is 0 Å². The second kappa shape index (κ2) is 14.0. The van der Waals surface area contributed by atoms with Crippen molar-refractivity contribution in [3.63, 3.8) is 0 Å². The lowest BCUT2D eigenvalue weighted by Gasteiger charge is -2.15. The summed E-state index contributed by atoms with van der Waals surface area (Å²) in [6, 6.07) is 69.0. The molecule has 0 radical (unpaired) electrons. The summed E-state index contributed by atoms with van der Waals surface area (Å²) in [5.41, 5.74) is 9.63. The van der Waals surface area contributed by atoms with Crippen molar-refractivity contribution in [1.29, 1.82) is 0 Å². The van der Waals surface area contributed by atoms with Crippen LogP contribution in [0.2, 0.25) is 0 Å². The molecule has 0 aliphatic carbocycles. The molecule has 7 heteroatoms. The van der Waals surface area contributed by atoms with Crippen LogP contribution in [0.3, 0.4) is 0 Å². The van der Waals surface area contributed by atoms with Crippen LogP contribution < -0.4 is 0 Å². The monoisotopic (exact) mass is 847 g/mol.